The summed E-state index contributed by atoms with van der Waals surface area (Å²) in [6.07, 6.45) is 0.0650. The summed E-state index contributed by atoms with van der Waals surface area (Å²) < 4.78 is 1.01. The molecule has 0 aromatic heterocycles. The molecule has 0 radical (unpaired) electrons. The molecule has 0 saturated heterocycles. The van der Waals surface area contributed by atoms with Gasteiger partial charge in [0.25, 0.3) is 0 Å². The molecule has 128 valence electrons. The molecule has 0 aliphatic carbocycles. The highest BCUT2D eigenvalue weighted by molar-refractivity contribution is 9.10. The van der Waals surface area contributed by atoms with Crippen LogP contribution in [0.3, 0.4) is 0 Å². The summed E-state index contributed by atoms with van der Waals surface area (Å²) in [7, 11) is 0. The first-order chi connectivity index (χ1) is 12.1. The first-order valence-electron chi connectivity index (χ1n) is 8.43. The van der Waals surface area contributed by atoms with Crippen molar-refractivity contribution in [1.82, 2.24) is 0 Å². The van der Waals surface area contributed by atoms with E-state index in [0.29, 0.717) is 6.42 Å². The maximum Gasteiger partial charge on any atom is 0.0813 e. The van der Waals surface area contributed by atoms with Crippen molar-refractivity contribution in [3.05, 3.63) is 100 Å². The predicted molar refractivity (Wildman–Crippen MR) is 108 cm³/mol. The first-order valence-corrected chi connectivity index (χ1v) is 9.23. The molecule has 0 heterocycles. The van der Waals surface area contributed by atoms with Crippen molar-refractivity contribution in [2.45, 2.75) is 25.5 Å². The van der Waals surface area contributed by atoms with Crippen molar-refractivity contribution >= 4 is 21.6 Å². The molecule has 2 N–H and O–H groups in total. The van der Waals surface area contributed by atoms with Gasteiger partial charge in [0.1, 0.15) is 0 Å². The van der Waals surface area contributed by atoms with Gasteiger partial charge in [-0.3, -0.25) is 0 Å². The van der Waals surface area contributed by atoms with Crippen LogP contribution in [0.25, 0.3) is 0 Å². The summed E-state index contributed by atoms with van der Waals surface area (Å²) >= 11 is 3.44. The Morgan fingerprint density at radius 1 is 0.880 bits per heavy atom. The van der Waals surface area contributed by atoms with Crippen molar-refractivity contribution in [3.8, 4) is 0 Å². The van der Waals surface area contributed by atoms with Crippen LogP contribution in [0.4, 0.5) is 5.69 Å². The third kappa shape index (κ3) is 4.94. The molecule has 0 saturated carbocycles. The Kier molecular flexibility index (Phi) is 5.90. The molecule has 0 amide bonds. The van der Waals surface area contributed by atoms with Crippen LogP contribution in [0.2, 0.25) is 0 Å². The maximum absolute atomic E-state index is 10.7. The number of hydrogen-bond donors (Lipinski definition) is 2. The van der Waals surface area contributed by atoms with E-state index in [4.69, 9.17) is 0 Å². The molecule has 25 heavy (non-hydrogen) atoms. The van der Waals surface area contributed by atoms with Crippen molar-refractivity contribution in [2.24, 2.45) is 0 Å². The quantitative estimate of drug-likeness (QED) is 0.533. The van der Waals surface area contributed by atoms with Gasteiger partial charge in [0, 0.05) is 16.6 Å². The first kappa shape index (κ1) is 17.7. The number of aryl methyl sites for hydroxylation is 1. The SMILES string of the molecule is Cc1cccc(NC(CC(O)c2ccc(Br)cc2)c2ccccc2)c1. The second-order valence-electron chi connectivity index (χ2n) is 6.28. The second kappa shape index (κ2) is 8.32. The van der Waals surface area contributed by atoms with E-state index < -0.39 is 6.10 Å². The summed E-state index contributed by atoms with van der Waals surface area (Å²) in [5.74, 6) is 0. The fourth-order valence-corrected chi connectivity index (χ4v) is 3.21. The van der Waals surface area contributed by atoms with Gasteiger partial charge < -0.3 is 10.4 Å². The number of benzene rings is 3. The summed E-state index contributed by atoms with van der Waals surface area (Å²) in [6.45, 7) is 2.08. The number of aliphatic hydroxyl groups is 1. The van der Waals surface area contributed by atoms with E-state index in [1.54, 1.807) is 0 Å². The minimum atomic E-state index is -0.532. The van der Waals surface area contributed by atoms with Crippen LogP contribution in [-0.2, 0) is 0 Å². The van der Waals surface area contributed by atoms with Crippen LogP contribution < -0.4 is 5.32 Å². The van der Waals surface area contributed by atoms with E-state index in [1.165, 1.54) is 11.1 Å². The van der Waals surface area contributed by atoms with Crippen molar-refractivity contribution in [3.63, 3.8) is 0 Å². The van der Waals surface area contributed by atoms with Crippen LogP contribution in [0.1, 0.15) is 35.3 Å². The number of hydrogen-bond acceptors (Lipinski definition) is 2. The Bertz CT molecular complexity index is 802. The molecule has 2 atom stereocenters. The van der Waals surface area contributed by atoms with E-state index >= 15 is 0 Å². The van der Waals surface area contributed by atoms with Gasteiger partial charge in [-0.05, 0) is 47.9 Å². The van der Waals surface area contributed by atoms with E-state index in [1.807, 2.05) is 48.5 Å². The minimum Gasteiger partial charge on any atom is -0.388 e. The average Bonchev–Trinajstić information content (AvgIpc) is 2.62. The summed E-state index contributed by atoms with van der Waals surface area (Å²) in [4.78, 5) is 0. The number of rotatable bonds is 6. The lowest BCUT2D eigenvalue weighted by atomic mass is 9.96. The van der Waals surface area contributed by atoms with Gasteiger partial charge in [-0.2, -0.15) is 0 Å². The molecular weight excluding hydrogens is 374 g/mol. The summed E-state index contributed by atoms with van der Waals surface area (Å²) in [5, 5.41) is 14.3. The van der Waals surface area contributed by atoms with E-state index in [0.717, 1.165) is 15.7 Å². The predicted octanol–water partition coefficient (Wildman–Crippen LogP) is 6.03. The van der Waals surface area contributed by atoms with Crippen molar-refractivity contribution in [1.29, 1.82) is 0 Å². The Hall–Kier alpha value is -2.10. The molecule has 0 aliphatic heterocycles. The lowest BCUT2D eigenvalue weighted by Gasteiger charge is -2.24. The Morgan fingerprint density at radius 3 is 2.28 bits per heavy atom. The number of anilines is 1. The standard InChI is InChI=1S/C22H22BrNO/c1-16-6-5-9-20(14-16)24-21(17-7-3-2-4-8-17)15-22(25)18-10-12-19(23)13-11-18/h2-14,21-22,24-25H,15H2,1H3. The average molecular weight is 396 g/mol. The number of nitrogens with one attached hydrogen (secondary N) is 1. The van der Waals surface area contributed by atoms with E-state index in [-0.39, 0.29) is 6.04 Å². The fraction of sp³-hybridized carbons (Fsp3) is 0.182. The smallest absolute Gasteiger partial charge is 0.0813 e. The molecule has 3 aromatic carbocycles. The zero-order valence-electron chi connectivity index (χ0n) is 14.2. The molecule has 3 aromatic rings. The zero-order valence-corrected chi connectivity index (χ0v) is 15.8. The van der Waals surface area contributed by atoms with Crippen molar-refractivity contribution in [2.75, 3.05) is 5.32 Å². The highest BCUT2D eigenvalue weighted by Gasteiger charge is 2.18. The van der Waals surface area contributed by atoms with Gasteiger partial charge >= 0.3 is 0 Å². The van der Waals surface area contributed by atoms with Crippen LogP contribution in [0.5, 0.6) is 0 Å². The third-order valence-corrected chi connectivity index (χ3v) is 4.80. The van der Waals surface area contributed by atoms with Gasteiger partial charge in [-0.25, -0.2) is 0 Å². The molecule has 3 heteroatoms. The number of halogens is 1. The lowest BCUT2D eigenvalue weighted by Crippen LogP contribution is -2.15. The zero-order chi connectivity index (χ0) is 17.6. The topological polar surface area (TPSA) is 32.3 Å². The molecule has 2 unspecified atom stereocenters. The molecule has 2 nitrogen and oxygen atoms in total. The Labute approximate surface area is 157 Å². The molecule has 3 rings (SSSR count). The Balaban J connectivity index is 1.82. The molecule has 0 spiro atoms. The van der Waals surface area contributed by atoms with Crippen LogP contribution >= 0.6 is 15.9 Å². The highest BCUT2D eigenvalue weighted by Crippen LogP contribution is 2.30. The lowest BCUT2D eigenvalue weighted by molar-refractivity contribution is 0.160. The normalized spacial score (nSPS) is 13.2. The van der Waals surface area contributed by atoms with E-state index in [2.05, 4.69) is 58.5 Å². The van der Waals surface area contributed by atoms with Gasteiger partial charge in [0.05, 0.1) is 12.1 Å². The third-order valence-electron chi connectivity index (χ3n) is 4.27. The maximum atomic E-state index is 10.7. The Morgan fingerprint density at radius 2 is 1.60 bits per heavy atom. The monoisotopic (exact) mass is 395 g/mol. The fourth-order valence-electron chi connectivity index (χ4n) is 2.94. The van der Waals surface area contributed by atoms with Crippen LogP contribution in [-0.4, -0.2) is 5.11 Å². The minimum absolute atomic E-state index is 0.0293. The molecule has 0 aliphatic rings. The van der Waals surface area contributed by atoms with Gasteiger partial charge in [0.2, 0.25) is 0 Å². The van der Waals surface area contributed by atoms with Gasteiger partial charge in [-0.1, -0.05) is 70.5 Å². The summed E-state index contributed by atoms with van der Waals surface area (Å²) in [5.41, 5.74) is 4.37. The molecule has 0 fully saturated rings. The summed E-state index contributed by atoms with van der Waals surface area (Å²) in [6, 6.07) is 26.5. The molecule has 0 bridgehead atoms. The van der Waals surface area contributed by atoms with Crippen molar-refractivity contribution < 1.29 is 5.11 Å². The van der Waals surface area contributed by atoms with Crippen LogP contribution in [0, 0.1) is 6.92 Å². The van der Waals surface area contributed by atoms with E-state index in [9.17, 15) is 5.11 Å². The highest BCUT2D eigenvalue weighted by atomic mass is 79.9. The number of aliphatic hydroxyl groups excluding tert-OH is 1. The largest absolute Gasteiger partial charge is 0.388 e. The van der Waals surface area contributed by atoms with Gasteiger partial charge in [-0.15, -0.1) is 0 Å². The van der Waals surface area contributed by atoms with Crippen LogP contribution in [0.15, 0.2) is 83.3 Å². The van der Waals surface area contributed by atoms with Gasteiger partial charge in [0.15, 0.2) is 0 Å². The second-order valence-corrected chi connectivity index (χ2v) is 7.20. The molecular formula is C22H22BrNO.